The van der Waals surface area contributed by atoms with Crippen LogP contribution in [0.5, 0.6) is 0 Å². The second kappa shape index (κ2) is 7.17. The first-order valence-electron chi connectivity index (χ1n) is 8.49. The minimum atomic E-state index is -3.09. The van der Waals surface area contributed by atoms with Gasteiger partial charge in [-0.3, -0.25) is 4.98 Å². The highest BCUT2D eigenvalue weighted by Gasteiger charge is 2.31. The Bertz CT molecular complexity index is 807. The Morgan fingerprint density at radius 3 is 2.92 bits per heavy atom. The number of hydrogen-bond donors (Lipinski definition) is 1. The van der Waals surface area contributed by atoms with Crippen molar-refractivity contribution in [2.24, 2.45) is 5.92 Å². The molecule has 24 heavy (non-hydrogen) atoms. The van der Waals surface area contributed by atoms with E-state index in [1.54, 1.807) is 4.31 Å². The van der Waals surface area contributed by atoms with Crippen LogP contribution in [-0.4, -0.2) is 43.1 Å². The fourth-order valence-corrected chi connectivity index (χ4v) is 4.37. The van der Waals surface area contributed by atoms with Crippen molar-refractivity contribution >= 4 is 20.9 Å². The van der Waals surface area contributed by atoms with Gasteiger partial charge < -0.3 is 5.32 Å². The number of rotatable bonds is 5. The molecular weight excluding hydrogens is 322 g/mol. The first kappa shape index (κ1) is 17.3. The summed E-state index contributed by atoms with van der Waals surface area (Å²) in [5.74, 6) is 0.357. The summed E-state index contributed by atoms with van der Waals surface area (Å²) in [6, 6.07) is 10.7. The standard InChI is InChI=1S/C18H25N3O2S/c1-3-15-13-21(24(2,22)23)10-8-18(15)20-12-14-6-7-17-16(11-14)5-4-9-19-17/h4-7,9,11,15,18,20H,3,8,10,12-13H2,1-2H3. The molecule has 0 spiro atoms. The molecule has 0 bridgehead atoms. The van der Waals surface area contributed by atoms with Gasteiger partial charge in [0.15, 0.2) is 0 Å². The van der Waals surface area contributed by atoms with Gasteiger partial charge in [-0.2, -0.15) is 0 Å². The molecule has 0 amide bonds. The fraction of sp³-hybridized carbons (Fsp3) is 0.500. The topological polar surface area (TPSA) is 62.3 Å². The summed E-state index contributed by atoms with van der Waals surface area (Å²) >= 11 is 0. The lowest BCUT2D eigenvalue weighted by molar-refractivity contribution is 0.202. The van der Waals surface area contributed by atoms with Crippen LogP contribution in [0.3, 0.4) is 0 Å². The molecule has 130 valence electrons. The molecule has 3 rings (SSSR count). The predicted octanol–water partition coefficient (Wildman–Crippen LogP) is 2.38. The average molecular weight is 347 g/mol. The third-order valence-electron chi connectivity index (χ3n) is 4.93. The zero-order valence-corrected chi connectivity index (χ0v) is 15.1. The van der Waals surface area contributed by atoms with Gasteiger partial charge in [-0.05, 0) is 36.1 Å². The van der Waals surface area contributed by atoms with E-state index < -0.39 is 10.0 Å². The second-order valence-electron chi connectivity index (χ2n) is 6.60. The van der Waals surface area contributed by atoms with Gasteiger partial charge in [-0.25, -0.2) is 12.7 Å². The van der Waals surface area contributed by atoms with E-state index in [1.807, 2.05) is 12.3 Å². The lowest BCUT2D eigenvalue weighted by atomic mass is 9.91. The first-order valence-corrected chi connectivity index (χ1v) is 10.3. The molecule has 1 N–H and O–H groups in total. The smallest absolute Gasteiger partial charge is 0.211 e. The Morgan fingerprint density at radius 2 is 2.17 bits per heavy atom. The van der Waals surface area contributed by atoms with Crippen LogP contribution in [-0.2, 0) is 16.6 Å². The third-order valence-corrected chi connectivity index (χ3v) is 6.20. The van der Waals surface area contributed by atoms with Crippen molar-refractivity contribution in [3.8, 4) is 0 Å². The summed E-state index contributed by atoms with van der Waals surface area (Å²) < 4.78 is 25.1. The monoisotopic (exact) mass is 347 g/mol. The molecule has 1 saturated heterocycles. The maximum atomic E-state index is 11.8. The minimum absolute atomic E-state index is 0.357. The molecule has 5 nitrogen and oxygen atoms in total. The van der Waals surface area contributed by atoms with Crippen molar-refractivity contribution in [2.75, 3.05) is 19.3 Å². The molecule has 6 heteroatoms. The number of benzene rings is 1. The molecular formula is C18H25N3O2S. The van der Waals surface area contributed by atoms with Gasteiger partial charge in [0, 0.05) is 37.3 Å². The van der Waals surface area contributed by atoms with Crippen LogP contribution in [0.25, 0.3) is 10.9 Å². The van der Waals surface area contributed by atoms with Crippen molar-refractivity contribution in [1.82, 2.24) is 14.6 Å². The van der Waals surface area contributed by atoms with E-state index in [2.05, 4.69) is 41.5 Å². The van der Waals surface area contributed by atoms with Crippen molar-refractivity contribution in [3.63, 3.8) is 0 Å². The lowest BCUT2D eigenvalue weighted by Gasteiger charge is -2.37. The van der Waals surface area contributed by atoms with Gasteiger partial charge in [0.1, 0.15) is 0 Å². The summed E-state index contributed by atoms with van der Waals surface area (Å²) in [6.07, 6.45) is 4.95. The van der Waals surface area contributed by atoms with Gasteiger partial charge in [0.2, 0.25) is 10.0 Å². The quantitative estimate of drug-likeness (QED) is 0.902. The van der Waals surface area contributed by atoms with Gasteiger partial charge in [-0.15, -0.1) is 0 Å². The Balaban J connectivity index is 1.64. The predicted molar refractivity (Wildman–Crippen MR) is 97.2 cm³/mol. The summed E-state index contributed by atoms with van der Waals surface area (Å²) in [6.45, 7) is 4.15. The molecule has 1 aromatic carbocycles. The normalized spacial score (nSPS) is 22.8. The Morgan fingerprint density at radius 1 is 1.33 bits per heavy atom. The summed E-state index contributed by atoms with van der Waals surface area (Å²) in [5.41, 5.74) is 2.24. The Hall–Kier alpha value is -1.50. The second-order valence-corrected chi connectivity index (χ2v) is 8.58. The Kier molecular flexibility index (Phi) is 5.18. The largest absolute Gasteiger partial charge is 0.310 e. The van der Waals surface area contributed by atoms with Crippen LogP contribution >= 0.6 is 0 Å². The molecule has 0 saturated carbocycles. The van der Waals surface area contributed by atoms with E-state index in [4.69, 9.17) is 0 Å². The number of fused-ring (bicyclic) bond motifs is 1. The van der Waals surface area contributed by atoms with E-state index in [0.29, 0.717) is 25.0 Å². The maximum Gasteiger partial charge on any atom is 0.211 e. The van der Waals surface area contributed by atoms with Gasteiger partial charge >= 0.3 is 0 Å². The summed E-state index contributed by atoms with van der Waals surface area (Å²) in [5, 5.41) is 4.78. The average Bonchev–Trinajstić information content (AvgIpc) is 2.58. The lowest BCUT2D eigenvalue weighted by Crippen LogP contribution is -2.50. The van der Waals surface area contributed by atoms with Crippen molar-refractivity contribution < 1.29 is 8.42 Å². The number of piperidine rings is 1. The van der Waals surface area contributed by atoms with Crippen LogP contribution in [0.15, 0.2) is 36.5 Å². The molecule has 2 aromatic rings. The minimum Gasteiger partial charge on any atom is -0.310 e. The van der Waals surface area contributed by atoms with Crippen LogP contribution < -0.4 is 5.32 Å². The summed E-state index contributed by atoms with van der Waals surface area (Å²) in [7, 11) is -3.09. The third kappa shape index (κ3) is 3.94. The number of nitrogens with zero attached hydrogens (tertiary/aromatic N) is 2. The molecule has 0 aliphatic carbocycles. The van der Waals surface area contributed by atoms with Crippen molar-refractivity contribution in [1.29, 1.82) is 0 Å². The van der Waals surface area contributed by atoms with Gasteiger partial charge in [0.05, 0.1) is 11.8 Å². The van der Waals surface area contributed by atoms with Crippen LogP contribution in [0, 0.1) is 5.92 Å². The molecule has 1 fully saturated rings. The molecule has 1 aliphatic rings. The first-order chi connectivity index (χ1) is 11.5. The van der Waals surface area contributed by atoms with Crippen LogP contribution in [0.2, 0.25) is 0 Å². The molecule has 0 radical (unpaired) electrons. The van der Waals surface area contributed by atoms with Crippen LogP contribution in [0.1, 0.15) is 25.3 Å². The van der Waals surface area contributed by atoms with Gasteiger partial charge in [0.25, 0.3) is 0 Å². The molecule has 2 heterocycles. The maximum absolute atomic E-state index is 11.8. The van der Waals surface area contributed by atoms with E-state index in [0.717, 1.165) is 30.3 Å². The molecule has 2 unspecified atom stereocenters. The van der Waals surface area contributed by atoms with E-state index in [9.17, 15) is 8.42 Å². The zero-order chi connectivity index (χ0) is 17.2. The van der Waals surface area contributed by atoms with E-state index in [1.165, 1.54) is 11.8 Å². The molecule has 2 atom stereocenters. The van der Waals surface area contributed by atoms with Crippen molar-refractivity contribution in [2.45, 2.75) is 32.4 Å². The van der Waals surface area contributed by atoms with Crippen LogP contribution in [0.4, 0.5) is 0 Å². The summed E-state index contributed by atoms with van der Waals surface area (Å²) in [4.78, 5) is 4.35. The highest BCUT2D eigenvalue weighted by atomic mass is 32.2. The number of pyridine rings is 1. The molecule has 1 aliphatic heterocycles. The SMILES string of the molecule is CCC1CN(S(C)(=O)=O)CCC1NCc1ccc2ncccc2c1. The number of sulfonamides is 1. The van der Waals surface area contributed by atoms with E-state index in [-0.39, 0.29) is 0 Å². The highest BCUT2D eigenvalue weighted by Crippen LogP contribution is 2.23. The number of hydrogen-bond acceptors (Lipinski definition) is 4. The number of aromatic nitrogens is 1. The highest BCUT2D eigenvalue weighted by molar-refractivity contribution is 7.88. The van der Waals surface area contributed by atoms with Crippen molar-refractivity contribution in [3.05, 3.63) is 42.1 Å². The fourth-order valence-electron chi connectivity index (χ4n) is 3.47. The molecule has 1 aromatic heterocycles. The van der Waals surface area contributed by atoms with E-state index >= 15 is 0 Å². The number of nitrogens with one attached hydrogen (secondary N) is 1. The zero-order valence-electron chi connectivity index (χ0n) is 14.3. The Labute approximate surface area is 144 Å². The van der Waals surface area contributed by atoms with Gasteiger partial charge in [-0.1, -0.05) is 25.5 Å².